The molecule has 0 aliphatic rings. The number of ether oxygens (including phenoxy) is 2. The van der Waals surface area contributed by atoms with E-state index in [1.54, 1.807) is 0 Å². The lowest BCUT2D eigenvalue weighted by Crippen LogP contribution is -2.34. The topological polar surface area (TPSA) is 172 Å². The van der Waals surface area contributed by atoms with Crippen molar-refractivity contribution in [1.82, 2.24) is 0 Å². The zero-order chi connectivity index (χ0) is 43.5. The van der Waals surface area contributed by atoms with Crippen LogP contribution in [0.5, 0.6) is 0 Å². The number of esters is 2. The predicted octanol–water partition coefficient (Wildman–Crippen LogP) is 13.0. The molecule has 0 aliphatic carbocycles. The van der Waals surface area contributed by atoms with Gasteiger partial charge in [0.15, 0.2) is 6.10 Å². The van der Waals surface area contributed by atoms with E-state index in [4.69, 9.17) is 24.8 Å². The van der Waals surface area contributed by atoms with E-state index in [2.05, 4.69) is 42.7 Å². The lowest BCUT2D eigenvalue weighted by molar-refractivity contribution is -0.161. The summed E-state index contributed by atoms with van der Waals surface area (Å²) in [5, 5.41) is 8.90. The number of phosphoric acid groups is 1. The normalized spacial score (nSPS) is 13.8. The Balaban J connectivity index is 4.27. The van der Waals surface area contributed by atoms with Crippen LogP contribution < -0.4 is 5.73 Å². The number of phosphoric ester groups is 1. The number of rotatable bonds is 45. The first-order valence-electron chi connectivity index (χ1n) is 23.9. The minimum absolute atomic E-state index is 0.165. The van der Waals surface area contributed by atoms with E-state index in [0.717, 1.165) is 51.4 Å². The molecule has 0 saturated heterocycles. The first-order chi connectivity index (χ1) is 28.6. The minimum Gasteiger partial charge on any atom is -0.480 e. The van der Waals surface area contributed by atoms with Crippen molar-refractivity contribution in [2.75, 3.05) is 19.8 Å². The Morgan fingerprint density at radius 3 is 1.36 bits per heavy atom. The number of carbonyl (C=O) groups is 3. The Kier molecular flexibility index (Phi) is 41.2. The number of carboxylic acid groups (broad SMARTS) is 1. The van der Waals surface area contributed by atoms with E-state index >= 15 is 0 Å². The van der Waals surface area contributed by atoms with Crippen LogP contribution in [-0.4, -0.2) is 59.9 Å². The van der Waals surface area contributed by atoms with Crippen molar-refractivity contribution >= 4 is 25.7 Å². The highest BCUT2D eigenvalue weighted by Crippen LogP contribution is 2.43. The summed E-state index contributed by atoms with van der Waals surface area (Å²) in [4.78, 5) is 46.1. The van der Waals surface area contributed by atoms with Gasteiger partial charge < -0.3 is 25.2 Å². The number of hydrogen-bond acceptors (Lipinski definition) is 9. The van der Waals surface area contributed by atoms with E-state index in [0.29, 0.717) is 12.8 Å². The van der Waals surface area contributed by atoms with Crippen LogP contribution in [0.1, 0.15) is 226 Å². The van der Waals surface area contributed by atoms with Gasteiger partial charge in [-0.15, -0.1) is 0 Å². The molecule has 0 aromatic heterocycles. The lowest BCUT2D eigenvalue weighted by Gasteiger charge is -2.20. The first-order valence-corrected chi connectivity index (χ1v) is 25.4. The van der Waals surface area contributed by atoms with Crippen molar-refractivity contribution < 1.29 is 47.5 Å². The second-order valence-electron chi connectivity index (χ2n) is 16.2. The van der Waals surface area contributed by atoms with E-state index in [1.165, 1.54) is 135 Å². The van der Waals surface area contributed by atoms with Gasteiger partial charge in [-0.05, 0) is 44.9 Å². The summed E-state index contributed by atoms with van der Waals surface area (Å²) in [6.07, 6.45) is 45.2. The van der Waals surface area contributed by atoms with Crippen LogP contribution in [0.25, 0.3) is 0 Å². The summed E-state index contributed by atoms with van der Waals surface area (Å²) in [5.74, 6) is -2.37. The first kappa shape index (κ1) is 57.0. The van der Waals surface area contributed by atoms with Gasteiger partial charge in [-0.2, -0.15) is 0 Å². The molecule has 0 spiro atoms. The predicted molar refractivity (Wildman–Crippen MR) is 240 cm³/mol. The van der Waals surface area contributed by atoms with E-state index in [-0.39, 0.29) is 19.4 Å². The molecule has 3 atom stereocenters. The van der Waals surface area contributed by atoms with Gasteiger partial charge >= 0.3 is 25.7 Å². The molecule has 0 fully saturated rings. The zero-order valence-corrected chi connectivity index (χ0v) is 38.5. The monoisotopic (exact) mass is 858 g/mol. The molecule has 0 aromatic rings. The van der Waals surface area contributed by atoms with Crippen LogP contribution in [-0.2, 0) is 37.5 Å². The third-order valence-corrected chi connectivity index (χ3v) is 11.4. The van der Waals surface area contributed by atoms with Gasteiger partial charge in [0.2, 0.25) is 0 Å². The fraction of sp³-hybridized carbons (Fsp3) is 0.851. The Hall–Kier alpha value is -2.04. The number of aliphatic carboxylic acids is 1. The Labute approximate surface area is 360 Å². The summed E-state index contributed by atoms with van der Waals surface area (Å²) in [5.41, 5.74) is 5.34. The average Bonchev–Trinajstić information content (AvgIpc) is 3.21. The molecular formula is C47H88NO10P. The summed E-state index contributed by atoms with van der Waals surface area (Å²) < 4.78 is 32.8. The quantitative estimate of drug-likeness (QED) is 0.0230. The maximum atomic E-state index is 12.7. The second kappa shape index (κ2) is 42.6. The van der Waals surface area contributed by atoms with Crippen LogP contribution in [0.15, 0.2) is 24.3 Å². The minimum atomic E-state index is -4.72. The molecule has 0 aromatic carbocycles. The van der Waals surface area contributed by atoms with Crippen molar-refractivity contribution in [3.8, 4) is 0 Å². The van der Waals surface area contributed by atoms with Crippen molar-refractivity contribution in [3.05, 3.63) is 24.3 Å². The Morgan fingerprint density at radius 1 is 0.525 bits per heavy atom. The number of unbranched alkanes of at least 4 members (excludes halogenated alkanes) is 27. The van der Waals surface area contributed by atoms with Crippen LogP contribution >= 0.6 is 7.82 Å². The van der Waals surface area contributed by atoms with Gasteiger partial charge in [-0.1, -0.05) is 192 Å². The molecular weight excluding hydrogens is 769 g/mol. The fourth-order valence-electron chi connectivity index (χ4n) is 6.68. The Bertz CT molecular complexity index is 1100. The van der Waals surface area contributed by atoms with Gasteiger partial charge in [0.25, 0.3) is 0 Å². The standard InChI is InChI=1S/C47H88NO10P/c1-3-5-7-9-11-13-15-17-19-21-22-23-25-26-28-30-32-34-36-38-45(49)55-40-43(41-56-59(53,54)57-42-44(48)47(51)52)58-46(50)39-37-35-33-31-29-27-24-20-18-16-14-12-10-8-6-4-2/h11,13,17,19,43-44H,3-10,12,14-16,18,20-42,48H2,1-2H3,(H,51,52)(H,53,54)/b13-11+,19-17+/t43-,44+/m1/s1. The van der Waals surface area contributed by atoms with Crippen LogP contribution in [0.2, 0.25) is 0 Å². The molecule has 11 nitrogen and oxygen atoms in total. The van der Waals surface area contributed by atoms with E-state index in [1.807, 2.05) is 0 Å². The smallest absolute Gasteiger partial charge is 0.472 e. The van der Waals surface area contributed by atoms with Gasteiger partial charge in [0, 0.05) is 12.8 Å². The SMILES string of the molecule is CCCCC/C=C/C/C=C/CCCCCCCCCCCC(=O)OC[C@H](COP(=O)(O)OC[C@H](N)C(=O)O)OC(=O)CCCCCCCCCCCCCCCCCC. The van der Waals surface area contributed by atoms with Crippen molar-refractivity contribution in [1.29, 1.82) is 0 Å². The zero-order valence-electron chi connectivity index (χ0n) is 37.6. The maximum absolute atomic E-state index is 12.7. The van der Waals surface area contributed by atoms with Gasteiger partial charge in [-0.3, -0.25) is 23.4 Å². The highest BCUT2D eigenvalue weighted by molar-refractivity contribution is 7.47. The van der Waals surface area contributed by atoms with Crippen LogP contribution in [0.3, 0.4) is 0 Å². The number of carboxylic acids is 1. The number of carbonyl (C=O) groups excluding carboxylic acids is 2. The largest absolute Gasteiger partial charge is 0.480 e. The van der Waals surface area contributed by atoms with E-state index < -0.39 is 51.1 Å². The van der Waals surface area contributed by atoms with Crippen molar-refractivity contribution in [3.63, 3.8) is 0 Å². The maximum Gasteiger partial charge on any atom is 0.472 e. The molecule has 0 aliphatic heterocycles. The molecule has 59 heavy (non-hydrogen) atoms. The highest BCUT2D eigenvalue weighted by atomic mass is 31.2. The summed E-state index contributed by atoms with van der Waals surface area (Å²) in [7, 11) is -4.72. The van der Waals surface area contributed by atoms with Gasteiger partial charge in [0.1, 0.15) is 12.6 Å². The molecule has 12 heteroatoms. The lowest BCUT2D eigenvalue weighted by atomic mass is 10.0. The van der Waals surface area contributed by atoms with E-state index in [9.17, 15) is 23.8 Å². The molecule has 4 N–H and O–H groups in total. The summed E-state index contributed by atoms with van der Waals surface area (Å²) in [6, 6.07) is -1.52. The molecule has 1 unspecified atom stereocenters. The molecule has 0 amide bonds. The number of allylic oxidation sites excluding steroid dienone is 4. The van der Waals surface area contributed by atoms with Crippen LogP contribution in [0.4, 0.5) is 0 Å². The summed E-state index contributed by atoms with van der Waals surface area (Å²) >= 11 is 0. The van der Waals surface area contributed by atoms with Gasteiger partial charge in [0.05, 0.1) is 13.2 Å². The van der Waals surface area contributed by atoms with Crippen molar-refractivity contribution in [2.45, 2.75) is 238 Å². The molecule has 0 saturated carbocycles. The third-order valence-electron chi connectivity index (χ3n) is 10.5. The van der Waals surface area contributed by atoms with Crippen LogP contribution in [0, 0.1) is 0 Å². The second-order valence-corrected chi connectivity index (χ2v) is 17.7. The van der Waals surface area contributed by atoms with Gasteiger partial charge in [-0.25, -0.2) is 4.57 Å². The average molecular weight is 858 g/mol. The third kappa shape index (κ3) is 42.4. The van der Waals surface area contributed by atoms with Crippen molar-refractivity contribution in [2.24, 2.45) is 5.73 Å². The Morgan fingerprint density at radius 2 is 0.898 bits per heavy atom. The fourth-order valence-corrected chi connectivity index (χ4v) is 7.46. The molecule has 0 radical (unpaired) electrons. The summed E-state index contributed by atoms with van der Waals surface area (Å²) in [6.45, 7) is 2.81. The highest BCUT2D eigenvalue weighted by Gasteiger charge is 2.28. The number of nitrogens with two attached hydrogens (primary N) is 1. The molecule has 0 rings (SSSR count). The molecule has 346 valence electrons. The molecule has 0 heterocycles. The number of hydrogen-bond donors (Lipinski definition) is 3. The molecule has 0 bridgehead atoms.